The summed E-state index contributed by atoms with van der Waals surface area (Å²) in [4.78, 5) is 0. The molecule has 1 aromatic rings. The molecule has 0 aliphatic rings. The van der Waals surface area contributed by atoms with Gasteiger partial charge in [0.2, 0.25) is 0 Å². The first-order valence-corrected chi connectivity index (χ1v) is 6.59. The third kappa shape index (κ3) is 3.23. The molecule has 0 fully saturated rings. The van der Waals surface area contributed by atoms with Crippen molar-refractivity contribution in [1.82, 2.24) is 5.32 Å². The van der Waals surface area contributed by atoms with E-state index < -0.39 is 0 Å². The second kappa shape index (κ2) is 6.38. The van der Waals surface area contributed by atoms with Crippen molar-refractivity contribution in [2.24, 2.45) is 0 Å². The standard InChI is InChI=1S/C11H16BrNS/c1-3-5-11(13-6-4-2)9-7-14-8-10(9)12/h3,7-8,11,13H,1,4-6H2,2H3. The molecule has 1 nitrogen and oxygen atoms in total. The highest BCUT2D eigenvalue weighted by Gasteiger charge is 2.12. The van der Waals surface area contributed by atoms with Crippen LogP contribution in [-0.2, 0) is 0 Å². The molecule has 0 amide bonds. The van der Waals surface area contributed by atoms with Gasteiger partial charge in [-0.3, -0.25) is 0 Å². The lowest BCUT2D eigenvalue weighted by atomic mass is 10.1. The quantitative estimate of drug-likeness (QED) is 0.769. The van der Waals surface area contributed by atoms with E-state index in [1.807, 2.05) is 6.08 Å². The van der Waals surface area contributed by atoms with Gasteiger partial charge in [0.25, 0.3) is 0 Å². The minimum Gasteiger partial charge on any atom is -0.310 e. The van der Waals surface area contributed by atoms with Crippen LogP contribution in [0.5, 0.6) is 0 Å². The molecule has 0 aromatic carbocycles. The number of thiophene rings is 1. The molecule has 0 spiro atoms. The second-order valence-corrected chi connectivity index (χ2v) is 4.80. The average Bonchev–Trinajstić information content (AvgIpc) is 2.59. The van der Waals surface area contributed by atoms with Crippen LogP contribution in [0.2, 0.25) is 0 Å². The van der Waals surface area contributed by atoms with Crippen molar-refractivity contribution in [2.75, 3.05) is 6.54 Å². The number of halogens is 1. The zero-order valence-electron chi connectivity index (χ0n) is 8.42. The lowest BCUT2D eigenvalue weighted by molar-refractivity contribution is 0.537. The van der Waals surface area contributed by atoms with E-state index in [1.54, 1.807) is 11.3 Å². The Hall–Kier alpha value is -0.120. The van der Waals surface area contributed by atoms with Crippen LogP contribution in [0.1, 0.15) is 31.4 Å². The van der Waals surface area contributed by atoms with E-state index in [4.69, 9.17) is 0 Å². The van der Waals surface area contributed by atoms with E-state index >= 15 is 0 Å². The van der Waals surface area contributed by atoms with E-state index in [1.165, 1.54) is 10.0 Å². The van der Waals surface area contributed by atoms with Crippen molar-refractivity contribution in [1.29, 1.82) is 0 Å². The molecule has 1 unspecified atom stereocenters. The topological polar surface area (TPSA) is 12.0 Å². The highest BCUT2D eigenvalue weighted by molar-refractivity contribution is 9.10. The first-order chi connectivity index (χ1) is 6.79. The zero-order valence-corrected chi connectivity index (χ0v) is 10.8. The van der Waals surface area contributed by atoms with Gasteiger partial charge in [-0.1, -0.05) is 13.0 Å². The molecule has 1 rings (SSSR count). The maximum atomic E-state index is 3.80. The Morgan fingerprint density at radius 3 is 2.93 bits per heavy atom. The van der Waals surface area contributed by atoms with Crippen LogP contribution in [0.15, 0.2) is 27.9 Å². The smallest absolute Gasteiger partial charge is 0.0374 e. The first kappa shape index (κ1) is 12.0. The SMILES string of the molecule is C=CCC(NCCC)c1cscc1Br. The lowest BCUT2D eigenvalue weighted by Crippen LogP contribution is -2.21. The predicted octanol–water partition coefficient (Wildman–Crippen LogP) is 4.13. The normalized spacial score (nSPS) is 12.7. The molecule has 1 atom stereocenters. The average molecular weight is 274 g/mol. The molecule has 1 N–H and O–H groups in total. The summed E-state index contributed by atoms with van der Waals surface area (Å²) < 4.78 is 1.21. The molecule has 0 aliphatic heterocycles. The summed E-state index contributed by atoms with van der Waals surface area (Å²) in [7, 11) is 0. The summed E-state index contributed by atoms with van der Waals surface area (Å²) in [5, 5.41) is 7.84. The van der Waals surface area contributed by atoms with E-state index in [0.29, 0.717) is 6.04 Å². The molecule has 0 aliphatic carbocycles. The van der Waals surface area contributed by atoms with Crippen LogP contribution in [0, 0.1) is 0 Å². The van der Waals surface area contributed by atoms with Crippen molar-refractivity contribution in [2.45, 2.75) is 25.8 Å². The zero-order chi connectivity index (χ0) is 10.4. The Bertz CT molecular complexity index is 283. The second-order valence-electron chi connectivity index (χ2n) is 3.21. The van der Waals surface area contributed by atoms with Crippen LogP contribution in [-0.4, -0.2) is 6.54 Å². The molecule has 0 radical (unpaired) electrons. The molecule has 1 aromatic heterocycles. The Kier molecular flexibility index (Phi) is 5.45. The van der Waals surface area contributed by atoms with Crippen LogP contribution in [0.3, 0.4) is 0 Å². The third-order valence-electron chi connectivity index (χ3n) is 2.06. The Labute approximate surface area is 98.4 Å². The fourth-order valence-electron chi connectivity index (χ4n) is 1.35. The lowest BCUT2D eigenvalue weighted by Gasteiger charge is -2.16. The Balaban J connectivity index is 2.66. The largest absolute Gasteiger partial charge is 0.310 e. The Morgan fingerprint density at radius 1 is 1.64 bits per heavy atom. The third-order valence-corrected chi connectivity index (χ3v) is 3.81. The van der Waals surface area contributed by atoms with E-state index in [2.05, 4.69) is 45.5 Å². The van der Waals surface area contributed by atoms with Crippen molar-refractivity contribution in [3.63, 3.8) is 0 Å². The van der Waals surface area contributed by atoms with Gasteiger partial charge in [0.1, 0.15) is 0 Å². The van der Waals surface area contributed by atoms with Crippen LogP contribution in [0.4, 0.5) is 0 Å². The van der Waals surface area contributed by atoms with E-state index in [9.17, 15) is 0 Å². The van der Waals surface area contributed by atoms with Crippen molar-refractivity contribution < 1.29 is 0 Å². The van der Waals surface area contributed by atoms with Gasteiger partial charge < -0.3 is 5.32 Å². The van der Waals surface area contributed by atoms with Gasteiger partial charge in [0.15, 0.2) is 0 Å². The number of hydrogen-bond donors (Lipinski definition) is 1. The maximum absolute atomic E-state index is 3.80. The van der Waals surface area contributed by atoms with Crippen molar-refractivity contribution in [3.05, 3.63) is 33.5 Å². The maximum Gasteiger partial charge on any atom is 0.0374 e. The van der Waals surface area contributed by atoms with Gasteiger partial charge in [-0.2, -0.15) is 11.3 Å². The Morgan fingerprint density at radius 2 is 2.43 bits per heavy atom. The van der Waals surface area contributed by atoms with Gasteiger partial charge in [-0.05, 0) is 46.3 Å². The van der Waals surface area contributed by atoms with Crippen LogP contribution >= 0.6 is 27.3 Å². The summed E-state index contributed by atoms with van der Waals surface area (Å²) in [5.41, 5.74) is 1.35. The van der Waals surface area contributed by atoms with Gasteiger partial charge in [-0.15, -0.1) is 6.58 Å². The highest BCUT2D eigenvalue weighted by Crippen LogP contribution is 2.29. The van der Waals surface area contributed by atoms with E-state index in [0.717, 1.165) is 19.4 Å². The summed E-state index contributed by atoms with van der Waals surface area (Å²) in [6.45, 7) is 7.03. The molecular weight excluding hydrogens is 258 g/mol. The number of hydrogen-bond acceptors (Lipinski definition) is 2. The fourth-order valence-corrected chi connectivity index (χ4v) is 2.97. The van der Waals surface area contributed by atoms with Crippen LogP contribution < -0.4 is 5.32 Å². The molecule has 14 heavy (non-hydrogen) atoms. The monoisotopic (exact) mass is 273 g/mol. The number of nitrogens with one attached hydrogen (secondary N) is 1. The molecule has 78 valence electrons. The molecule has 1 heterocycles. The number of rotatable bonds is 6. The molecule has 0 bridgehead atoms. The summed E-state index contributed by atoms with van der Waals surface area (Å²) in [6.07, 6.45) is 4.11. The van der Waals surface area contributed by atoms with Gasteiger partial charge in [-0.25, -0.2) is 0 Å². The summed E-state index contributed by atoms with van der Waals surface area (Å²) in [5.74, 6) is 0. The first-order valence-electron chi connectivity index (χ1n) is 4.85. The molecule has 3 heteroatoms. The van der Waals surface area contributed by atoms with Gasteiger partial charge >= 0.3 is 0 Å². The van der Waals surface area contributed by atoms with Gasteiger partial charge in [0.05, 0.1) is 0 Å². The summed E-state index contributed by atoms with van der Waals surface area (Å²) >= 11 is 5.30. The minimum absolute atomic E-state index is 0.410. The molecule has 0 saturated carbocycles. The summed E-state index contributed by atoms with van der Waals surface area (Å²) in [6, 6.07) is 0.410. The van der Waals surface area contributed by atoms with Crippen molar-refractivity contribution in [3.8, 4) is 0 Å². The van der Waals surface area contributed by atoms with Crippen molar-refractivity contribution >= 4 is 27.3 Å². The molecular formula is C11H16BrNS. The van der Waals surface area contributed by atoms with Gasteiger partial charge in [0, 0.05) is 15.9 Å². The minimum atomic E-state index is 0.410. The fraction of sp³-hybridized carbons (Fsp3) is 0.455. The predicted molar refractivity (Wildman–Crippen MR) is 67.9 cm³/mol. The van der Waals surface area contributed by atoms with E-state index in [-0.39, 0.29) is 0 Å². The van der Waals surface area contributed by atoms with Crippen LogP contribution in [0.25, 0.3) is 0 Å². The highest BCUT2D eigenvalue weighted by atomic mass is 79.9. The molecule has 0 saturated heterocycles.